The highest BCUT2D eigenvalue weighted by Crippen LogP contribution is 2.16. The molecule has 0 rings (SSSR count). The number of allylic oxidation sites excluding steroid dienone is 9. The van der Waals surface area contributed by atoms with Gasteiger partial charge < -0.3 is 15.5 Å². The summed E-state index contributed by atoms with van der Waals surface area (Å²) in [6.07, 6.45) is 76.9. The van der Waals surface area contributed by atoms with E-state index in [0.29, 0.717) is 6.42 Å². The Hall–Kier alpha value is -1.91. The van der Waals surface area contributed by atoms with Crippen LogP contribution in [0.3, 0.4) is 0 Å². The van der Waals surface area contributed by atoms with Crippen LogP contribution >= 0.6 is 0 Å². The summed E-state index contributed by atoms with van der Waals surface area (Å²) in [5.41, 5.74) is 0. The van der Waals surface area contributed by atoms with Crippen molar-refractivity contribution in [1.29, 1.82) is 0 Å². The molecule has 0 spiro atoms. The molecule has 0 aliphatic heterocycles. The molecule has 4 nitrogen and oxygen atoms in total. The Bertz CT molecular complexity index is 1040. The number of hydrogen-bond donors (Lipinski definition) is 3. The van der Waals surface area contributed by atoms with E-state index < -0.39 is 12.1 Å². The lowest BCUT2D eigenvalue weighted by atomic mass is 10.0. The zero-order chi connectivity index (χ0) is 45.6. The van der Waals surface area contributed by atoms with Gasteiger partial charge in [0.25, 0.3) is 0 Å². The fraction of sp³-hybridized carbons (Fsp3) is 0.814. The molecule has 2 atom stereocenters. The molecule has 2 unspecified atom stereocenters. The Morgan fingerprint density at radius 2 is 0.683 bits per heavy atom. The molecule has 3 N–H and O–H groups in total. The Kier molecular flexibility index (Phi) is 52.8. The zero-order valence-electron chi connectivity index (χ0n) is 42.3. The highest BCUT2D eigenvalue weighted by Gasteiger charge is 2.18. The van der Waals surface area contributed by atoms with Gasteiger partial charge in [-0.1, -0.05) is 274 Å². The van der Waals surface area contributed by atoms with Crippen molar-refractivity contribution in [1.82, 2.24) is 5.32 Å². The van der Waals surface area contributed by atoms with Gasteiger partial charge in [0.05, 0.1) is 18.8 Å². The van der Waals surface area contributed by atoms with Crippen molar-refractivity contribution in [3.8, 4) is 0 Å². The molecule has 0 aromatic heterocycles. The molecule has 4 heteroatoms. The zero-order valence-corrected chi connectivity index (χ0v) is 42.3. The minimum Gasteiger partial charge on any atom is -0.394 e. The third-order valence-corrected chi connectivity index (χ3v) is 12.7. The van der Waals surface area contributed by atoms with E-state index >= 15 is 0 Å². The molecule has 1 amide bonds. The monoisotopic (exact) mass is 880 g/mol. The molecule has 0 saturated heterocycles. The van der Waals surface area contributed by atoms with E-state index in [1.165, 1.54) is 225 Å². The highest BCUT2D eigenvalue weighted by molar-refractivity contribution is 5.76. The lowest BCUT2D eigenvalue weighted by Crippen LogP contribution is -2.45. The first-order chi connectivity index (χ1) is 31.2. The SMILES string of the molecule is CCCC/C=C/CC/C=C/CC/C=C/C(O)C(CO)NC(=O)CCCCCCCCCCCCCCCCCCC/C=C\C/C=C\CCCCCCCCCCCCCCCCC. The topological polar surface area (TPSA) is 69.6 Å². The molecule has 63 heavy (non-hydrogen) atoms. The van der Waals surface area contributed by atoms with Gasteiger partial charge in [-0.05, 0) is 70.6 Å². The molecule has 0 saturated carbocycles. The quantitative estimate of drug-likeness (QED) is 0.0421. The van der Waals surface area contributed by atoms with E-state index in [0.717, 1.165) is 44.9 Å². The van der Waals surface area contributed by atoms with Gasteiger partial charge in [0.1, 0.15) is 0 Å². The predicted molar refractivity (Wildman–Crippen MR) is 281 cm³/mol. The minimum atomic E-state index is -0.870. The number of carbonyl (C=O) groups excluding carboxylic acids is 1. The summed E-state index contributed by atoms with van der Waals surface area (Å²) in [4.78, 5) is 12.4. The van der Waals surface area contributed by atoms with Gasteiger partial charge >= 0.3 is 0 Å². The molecule has 0 fully saturated rings. The van der Waals surface area contributed by atoms with Gasteiger partial charge in [0, 0.05) is 6.42 Å². The number of amides is 1. The van der Waals surface area contributed by atoms with Gasteiger partial charge in [-0.2, -0.15) is 0 Å². The van der Waals surface area contributed by atoms with Crippen molar-refractivity contribution >= 4 is 5.91 Å². The molecule has 0 aliphatic carbocycles. The Morgan fingerprint density at radius 3 is 1.06 bits per heavy atom. The lowest BCUT2D eigenvalue weighted by Gasteiger charge is -2.19. The summed E-state index contributed by atoms with van der Waals surface area (Å²) in [7, 11) is 0. The first-order valence-corrected chi connectivity index (χ1v) is 28.0. The van der Waals surface area contributed by atoms with Gasteiger partial charge in [0.15, 0.2) is 0 Å². The van der Waals surface area contributed by atoms with Gasteiger partial charge in [-0.25, -0.2) is 0 Å². The largest absolute Gasteiger partial charge is 0.394 e. The number of hydrogen-bond acceptors (Lipinski definition) is 3. The number of rotatable bonds is 51. The maximum absolute atomic E-state index is 12.4. The van der Waals surface area contributed by atoms with Crippen LogP contribution in [0.2, 0.25) is 0 Å². The minimum absolute atomic E-state index is 0.0782. The normalized spacial score (nSPS) is 13.3. The fourth-order valence-corrected chi connectivity index (χ4v) is 8.41. The van der Waals surface area contributed by atoms with Crippen LogP contribution in [0.25, 0.3) is 0 Å². The van der Waals surface area contributed by atoms with E-state index in [4.69, 9.17) is 0 Å². The van der Waals surface area contributed by atoms with Gasteiger partial charge in [0.2, 0.25) is 5.91 Å². The van der Waals surface area contributed by atoms with Gasteiger partial charge in [-0.15, -0.1) is 0 Å². The summed E-state index contributed by atoms with van der Waals surface area (Å²) in [5, 5.41) is 23.0. The van der Waals surface area contributed by atoms with Crippen LogP contribution in [0.1, 0.15) is 290 Å². The summed E-state index contributed by atoms with van der Waals surface area (Å²) in [5.74, 6) is -0.0782. The second-order valence-electron chi connectivity index (χ2n) is 19.0. The molecular formula is C59H109NO3. The van der Waals surface area contributed by atoms with Crippen molar-refractivity contribution in [3.63, 3.8) is 0 Å². The van der Waals surface area contributed by atoms with Crippen molar-refractivity contribution < 1.29 is 15.0 Å². The lowest BCUT2D eigenvalue weighted by molar-refractivity contribution is -0.123. The third-order valence-electron chi connectivity index (χ3n) is 12.7. The number of aliphatic hydroxyl groups is 2. The second-order valence-corrected chi connectivity index (χ2v) is 19.0. The van der Waals surface area contributed by atoms with Crippen LogP contribution in [-0.2, 0) is 4.79 Å². The van der Waals surface area contributed by atoms with Crippen LogP contribution in [-0.4, -0.2) is 34.9 Å². The first kappa shape index (κ1) is 61.1. The van der Waals surface area contributed by atoms with E-state index in [1.54, 1.807) is 6.08 Å². The van der Waals surface area contributed by atoms with Gasteiger partial charge in [-0.3, -0.25) is 4.79 Å². The average Bonchev–Trinajstić information content (AvgIpc) is 3.29. The first-order valence-electron chi connectivity index (χ1n) is 28.0. The van der Waals surface area contributed by atoms with Crippen LogP contribution in [0.15, 0.2) is 60.8 Å². The molecule has 0 aromatic rings. The molecule has 0 heterocycles. The van der Waals surface area contributed by atoms with Crippen LogP contribution < -0.4 is 5.32 Å². The maximum atomic E-state index is 12.4. The number of aliphatic hydroxyl groups excluding tert-OH is 2. The van der Waals surface area contributed by atoms with Crippen LogP contribution in [0.4, 0.5) is 0 Å². The summed E-state index contributed by atoms with van der Waals surface area (Å²) >= 11 is 0. The van der Waals surface area contributed by atoms with E-state index in [-0.39, 0.29) is 12.5 Å². The van der Waals surface area contributed by atoms with Crippen molar-refractivity contribution in [3.05, 3.63) is 60.8 Å². The molecule has 0 aliphatic rings. The third kappa shape index (κ3) is 50.9. The molecule has 0 aromatic carbocycles. The Balaban J connectivity index is 3.43. The highest BCUT2D eigenvalue weighted by atomic mass is 16.3. The van der Waals surface area contributed by atoms with E-state index in [2.05, 4.69) is 67.8 Å². The Labute approximate surface area is 394 Å². The molecule has 368 valence electrons. The molecule has 0 radical (unpaired) electrons. The smallest absolute Gasteiger partial charge is 0.220 e. The van der Waals surface area contributed by atoms with Crippen LogP contribution in [0.5, 0.6) is 0 Å². The number of carbonyl (C=O) groups is 1. The average molecular weight is 881 g/mol. The molecule has 0 bridgehead atoms. The summed E-state index contributed by atoms with van der Waals surface area (Å²) in [6, 6.07) is -0.645. The van der Waals surface area contributed by atoms with Crippen molar-refractivity contribution in [2.24, 2.45) is 0 Å². The summed E-state index contributed by atoms with van der Waals surface area (Å²) in [6.45, 7) is 4.26. The second kappa shape index (κ2) is 54.4. The van der Waals surface area contributed by atoms with E-state index in [9.17, 15) is 15.0 Å². The fourth-order valence-electron chi connectivity index (χ4n) is 8.41. The standard InChI is InChI=1S/C59H109NO3/c1-3-5-7-9-11-13-15-17-18-19-20-21-22-23-24-25-26-27-28-29-30-31-32-33-34-35-36-37-38-39-40-41-42-43-45-47-49-51-53-55-59(63)60-57(56-61)58(62)54-52-50-48-46-44-16-14-12-10-8-6-4-2/h10,12,26-27,29-30,44,46,52,54,57-58,61-62H,3-9,11,13-25,28,31-43,45,47-51,53,55-56H2,1-2H3,(H,60,63)/b12-10+,27-26-,30-29-,46-44+,54-52+. The van der Waals surface area contributed by atoms with Crippen molar-refractivity contribution in [2.45, 2.75) is 302 Å². The Morgan fingerprint density at radius 1 is 0.381 bits per heavy atom. The molecular weight excluding hydrogens is 771 g/mol. The predicted octanol–water partition coefficient (Wildman–Crippen LogP) is 18.4. The van der Waals surface area contributed by atoms with Crippen LogP contribution in [0, 0.1) is 0 Å². The summed E-state index contributed by atoms with van der Waals surface area (Å²) < 4.78 is 0. The van der Waals surface area contributed by atoms with E-state index in [1.807, 2.05) is 6.08 Å². The number of nitrogens with one attached hydrogen (secondary N) is 1. The van der Waals surface area contributed by atoms with Crippen molar-refractivity contribution in [2.75, 3.05) is 6.61 Å². The number of unbranched alkanes of at least 4 members (excludes halogenated alkanes) is 36. The maximum Gasteiger partial charge on any atom is 0.220 e.